The van der Waals surface area contributed by atoms with Crippen molar-refractivity contribution < 1.29 is 9.18 Å². The molecule has 0 N–H and O–H groups in total. The Labute approximate surface area is 136 Å². The number of thioether (sulfide) groups is 1. The molecule has 3 atom stereocenters. The molecule has 1 aliphatic carbocycles. The number of benzene rings is 1. The Bertz CT molecular complexity index is 536. The van der Waals surface area contributed by atoms with Crippen molar-refractivity contribution >= 4 is 17.7 Å². The largest absolute Gasteiger partial charge is 0.337 e. The van der Waals surface area contributed by atoms with Crippen molar-refractivity contribution in [2.45, 2.75) is 62.4 Å². The minimum absolute atomic E-state index is 0.193. The van der Waals surface area contributed by atoms with Gasteiger partial charge in [-0.1, -0.05) is 25.0 Å². The molecule has 1 heterocycles. The fraction of sp³-hybridized carbons (Fsp3) is 0.611. The summed E-state index contributed by atoms with van der Waals surface area (Å²) in [5.74, 6) is 1.43. The monoisotopic (exact) mass is 321 g/mol. The third-order valence-electron chi connectivity index (χ3n) is 5.04. The Kier molecular flexibility index (Phi) is 5.07. The van der Waals surface area contributed by atoms with E-state index in [0.717, 1.165) is 6.42 Å². The number of halogens is 1. The van der Waals surface area contributed by atoms with Gasteiger partial charge in [0, 0.05) is 29.2 Å². The molecule has 0 radical (unpaired) electrons. The molecule has 0 spiro atoms. The first-order chi connectivity index (χ1) is 10.7. The van der Waals surface area contributed by atoms with Gasteiger partial charge in [0.2, 0.25) is 5.91 Å². The Morgan fingerprint density at radius 2 is 2.09 bits per heavy atom. The average molecular weight is 321 g/mol. The number of likely N-dealkylation sites (tertiary alicyclic amines) is 1. The summed E-state index contributed by atoms with van der Waals surface area (Å²) in [4.78, 5) is 15.4. The van der Waals surface area contributed by atoms with Gasteiger partial charge in [0.15, 0.2) is 0 Å². The van der Waals surface area contributed by atoms with Gasteiger partial charge >= 0.3 is 0 Å². The summed E-state index contributed by atoms with van der Waals surface area (Å²) in [5, 5.41) is 0. The van der Waals surface area contributed by atoms with Crippen molar-refractivity contribution in [1.82, 2.24) is 4.90 Å². The normalized spacial score (nSPS) is 27.7. The van der Waals surface area contributed by atoms with Crippen molar-refractivity contribution in [3.63, 3.8) is 0 Å². The molecule has 3 unspecified atom stereocenters. The maximum atomic E-state index is 13.6. The highest BCUT2D eigenvalue weighted by Gasteiger charge is 2.41. The van der Waals surface area contributed by atoms with Crippen LogP contribution in [0.3, 0.4) is 0 Å². The smallest absolute Gasteiger partial charge is 0.223 e. The molecule has 2 nitrogen and oxygen atoms in total. The second-order valence-corrected chi connectivity index (χ2v) is 7.66. The molecule has 3 rings (SSSR count). The van der Waals surface area contributed by atoms with Gasteiger partial charge in [0.1, 0.15) is 5.82 Å². The fourth-order valence-electron chi connectivity index (χ4n) is 4.08. The standard InChI is InChI=1S/C18H24FNOS/c1-13-12-14-6-2-4-8-16(14)20(13)18(21)10-11-22-17-9-5-3-7-15(17)19/h3,5,7,9,13-14,16H,2,4,6,8,10-12H2,1H3. The molecule has 22 heavy (non-hydrogen) atoms. The molecule has 1 aliphatic heterocycles. The SMILES string of the molecule is CC1CC2CCCCC2N1C(=O)CCSc1ccccc1F. The predicted octanol–water partition coefficient (Wildman–Crippen LogP) is 4.49. The van der Waals surface area contributed by atoms with Gasteiger partial charge in [0.05, 0.1) is 0 Å². The number of hydrogen-bond acceptors (Lipinski definition) is 2. The topological polar surface area (TPSA) is 20.3 Å². The van der Waals surface area contributed by atoms with Gasteiger partial charge in [-0.15, -0.1) is 11.8 Å². The van der Waals surface area contributed by atoms with E-state index in [1.165, 1.54) is 43.5 Å². The zero-order valence-electron chi connectivity index (χ0n) is 13.1. The molecule has 0 bridgehead atoms. The first-order valence-electron chi connectivity index (χ1n) is 8.35. The second-order valence-electron chi connectivity index (χ2n) is 6.53. The third-order valence-corrected chi connectivity index (χ3v) is 6.09. The van der Waals surface area contributed by atoms with E-state index in [0.29, 0.717) is 35.1 Å². The lowest BCUT2D eigenvalue weighted by atomic mass is 9.85. The molecular formula is C18H24FNOS. The highest BCUT2D eigenvalue weighted by Crippen LogP contribution is 2.40. The van der Waals surface area contributed by atoms with Gasteiger partial charge in [0.25, 0.3) is 0 Å². The van der Waals surface area contributed by atoms with Crippen LogP contribution < -0.4 is 0 Å². The molecule has 1 amide bonds. The van der Waals surface area contributed by atoms with E-state index < -0.39 is 0 Å². The minimum Gasteiger partial charge on any atom is -0.337 e. The summed E-state index contributed by atoms with van der Waals surface area (Å²) in [7, 11) is 0. The summed E-state index contributed by atoms with van der Waals surface area (Å²) in [6.45, 7) is 2.18. The summed E-state index contributed by atoms with van der Waals surface area (Å²) in [6, 6.07) is 7.62. The highest BCUT2D eigenvalue weighted by atomic mass is 32.2. The van der Waals surface area contributed by atoms with Gasteiger partial charge < -0.3 is 4.90 Å². The van der Waals surface area contributed by atoms with Gasteiger partial charge in [-0.25, -0.2) is 4.39 Å². The van der Waals surface area contributed by atoms with E-state index in [1.54, 1.807) is 12.1 Å². The van der Waals surface area contributed by atoms with Crippen LogP contribution >= 0.6 is 11.8 Å². The summed E-state index contributed by atoms with van der Waals surface area (Å²) < 4.78 is 13.6. The molecule has 4 heteroatoms. The van der Waals surface area contributed by atoms with Crippen LogP contribution in [-0.4, -0.2) is 28.6 Å². The number of rotatable bonds is 4. The van der Waals surface area contributed by atoms with Crippen molar-refractivity contribution in [3.8, 4) is 0 Å². The van der Waals surface area contributed by atoms with Crippen LogP contribution in [0, 0.1) is 11.7 Å². The van der Waals surface area contributed by atoms with Crippen LogP contribution in [0.25, 0.3) is 0 Å². The number of carbonyl (C=O) groups is 1. The van der Waals surface area contributed by atoms with Crippen LogP contribution in [0.2, 0.25) is 0 Å². The lowest BCUT2D eigenvalue weighted by Crippen LogP contribution is -2.42. The molecule has 120 valence electrons. The number of nitrogens with zero attached hydrogens (tertiary/aromatic N) is 1. The maximum absolute atomic E-state index is 13.6. The Balaban J connectivity index is 1.54. The van der Waals surface area contributed by atoms with Crippen LogP contribution in [0.4, 0.5) is 4.39 Å². The van der Waals surface area contributed by atoms with Crippen LogP contribution in [0.15, 0.2) is 29.2 Å². The highest BCUT2D eigenvalue weighted by molar-refractivity contribution is 7.99. The average Bonchev–Trinajstić information content (AvgIpc) is 2.85. The zero-order chi connectivity index (χ0) is 15.5. The molecule has 2 fully saturated rings. The molecule has 2 aliphatic rings. The summed E-state index contributed by atoms with van der Waals surface area (Å²) in [5.41, 5.74) is 0. The fourth-order valence-corrected chi connectivity index (χ4v) is 4.96. The van der Waals surface area contributed by atoms with E-state index in [1.807, 2.05) is 6.07 Å². The molecule has 1 aromatic rings. The third kappa shape index (κ3) is 3.32. The minimum atomic E-state index is -0.193. The van der Waals surface area contributed by atoms with Crippen molar-refractivity contribution in [2.24, 2.45) is 5.92 Å². The number of carbonyl (C=O) groups excluding carboxylic acids is 1. The summed E-state index contributed by atoms with van der Waals surface area (Å²) >= 11 is 1.44. The van der Waals surface area contributed by atoms with E-state index in [4.69, 9.17) is 0 Å². The first-order valence-corrected chi connectivity index (χ1v) is 9.34. The summed E-state index contributed by atoms with van der Waals surface area (Å²) in [6.07, 6.45) is 6.69. The van der Waals surface area contributed by atoms with Gasteiger partial charge in [-0.05, 0) is 44.2 Å². The molecule has 1 aromatic carbocycles. The quantitative estimate of drug-likeness (QED) is 0.762. The molecule has 1 saturated carbocycles. The molecule has 1 saturated heterocycles. The second kappa shape index (κ2) is 7.03. The number of amides is 1. The lowest BCUT2D eigenvalue weighted by molar-refractivity contribution is -0.134. The van der Waals surface area contributed by atoms with Gasteiger partial charge in [-0.2, -0.15) is 0 Å². The van der Waals surface area contributed by atoms with Crippen molar-refractivity contribution in [3.05, 3.63) is 30.1 Å². The maximum Gasteiger partial charge on any atom is 0.223 e. The van der Waals surface area contributed by atoms with Crippen LogP contribution in [0.1, 0.15) is 45.4 Å². The van der Waals surface area contributed by atoms with E-state index in [-0.39, 0.29) is 11.7 Å². The molecule has 0 aromatic heterocycles. The Hall–Kier alpha value is -1.03. The lowest BCUT2D eigenvalue weighted by Gasteiger charge is -2.33. The predicted molar refractivity (Wildman–Crippen MR) is 88.4 cm³/mol. The zero-order valence-corrected chi connectivity index (χ0v) is 13.9. The van der Waals surface area contributed by atoms with E-state index in [2.05, 4.69) is 11.8 Å². The Morgan fingerprint density at radius 1 is 1.32 bits per heavy atom. The van der Waals surface area contributed by atoms with Crippen molar-refractivity contribution in [2.75, 3.05) is 5.75 Å². The van der Waals surface area contributed by atoms with E-state index in [9.17, 15) is 9.18 Å². The van der Waals surface area contributed by atoms with Crippen LogP contribution in [0.5, 0.6) is 0 Å². The Morgan fingerprint density at radius 3 is 2.91 bits per heavy atom. The number of fused-ring (bicyclic) bond motifs is 1. The first kappa shape index (κ1) is 15.9. The van der Waals surface area contributed by atoms with Gasteiger partial charge in [-0.3, -0.25) is 4.79 Å². The van der Waals surface area contributed by atoms with E-state index >= 15 is 0 Å². The number of hydrogen-bond donors (Lipinski definition) is 0. The van der Waals surface area contributed by atoms with Crippen molar-refractivity contribution in [1.29, 1.82) is 0 Å². The van der Waals surface area contributed by atoms with Crippen LogP contribution in [-0.2, 0) is 4.79 Å². The molecular weight excluding hydrogens is 297 g/mol.